The van der Waals surface area contributed by atoms with Gasteiger partial charge in [-0.1, -0.05) is 30.3 Å². The van der Waals surface area contributed by atoms with Gasteiger partial charge in [0, 0.05) is 23.8 Å². The molecule has 1 aliphatic heterocycles. The summed E-state index contributed by atoms with van der Waals surface area (Å²) in [7, 11) is 0. The van der Waals surface area contributed by atoms with Gasteiger partial charge in [0.15, 0.2) is 0 Å². The molecule has 2 aromatic carbocycles. The Morgan fingerprint density at radius 2 is 1.81 bits per heavy atom. The molecule has 0 saturated heterocycles. The molecule has 4 aromatic rings. The first kappa shape index (κ1) is 18.7. The maximum absolute atomic E-state index is 13.3. The van der Waals surface area contributed by atoms with Gasteiger partial charge in [0.05, 0.1) is 28.2 Å². The molecule has 0 unspecified atom stereocenters. The van der Waals surface area contributed by atoms with Crippen LogP contribution < -0.4 is 16.0 Å². The average molecular weight is 409 g/mol. The standard InChI is InChI=1S/C24H19N5O2/c25-24(31)29-12-10-15-8-9-16(13-22(15)29)27-23(30)18-14-21(20-7-3-4-11-26-20)28-19-6-2-1-5-17(18)19/h1-9,11,13-14H,10,12H2,(H2,25,31)(H,27,30). The highest BCUT2D eigenvalue weighted by Crippen LogP contribution is 2.31. The van der Waals surface area contributed by atoms with E-state index in [1.165, 1.54) is 4.90 Å². The van der Waals surface area contributed by atoms with Crippen molar-refractivity contribution in [3.05, 3.63) is 84.1 Å². The third-order valence-corrected chi connectivity index (χ3v) is 5.39. The molecule has 0 saturated carbocycles. The lowest BCUT2D eigenvalue weighted by atomic mass is 10.1. The second kappa shape index (κ2) is 7.53. The minimum absolute atomic E-state index is 0.264. The largest absolute Gasteiger partial charge is 0.351 e. The van der Waals surface area contributed by atoms with Crippen molar-refractivity contribution in [3.8, 4) is 11.4 Å². The molecule has 3 N–H and O–H groups in total. The molecule has 3 heterocycles. The average Bonchev–Trinajstić information content (AvgIpc) is 3.22. The summed E-state index contributed by atoms with van der Waals surface area (Å²) in [5, 5.41) is 3.70. The van der Waals surface area contributed by atoms with Crippen LogP contribution in [0.2, 0.25) is 0 Å². The van der Waals surface area contributed by atoms with Crippen LogP contribution in [0.4, 0.5) is 16.2 Å². The first-order valence-corrected chi connectivity index (χ1v) is 9.92. The molecule has 0 aliphatic carbocycles. The third-order valence-electron chi connectivity index (χ3n) is 5.39. The molecule has 0 atom stereocenters. The van der Waals surface area contributed by atoms with E-state index in [0.717, 1.165) is 23.1 Å². The lowest BCUT2D eigenvalue weighted by Gasteiger charge is -2.15. The van der Waals surface area contributed by atoms with Crippen LogP contribution in [0.1, 0.15) is 15.9 Å². The summed E-state index contributed by atoms with van der Waals surface area (Å²) in [5.74, 6) is -0.264. The van der Waals surface area contributed by atoms with Crippen molar-refractivity contribution < 1.29 is 9.59 Å². The molecular weight excluding hydrogens is 390 g/mol. The fourth-order valence-corrected chi connectivity index (χ4v) is 3.89. The summed E-state index contributed by atoms with van der Waals surface area (Å²) in [6, 6.07) is 19.9. The monoisotopic (exact) mass is 409 g/mol. The number of amides is 3. The maximum atomic E-state index is 13.3. The third kappa shape index (κ3) is 3.46. The number of hydrogen-bond donors (Lipinski definition) is 2. The fraction of sp³-hybridized carbons (Fsp3) is 0.0833. The molecule has 5 rings (SSSR count). The van der Waals surface area contributed by atoms with Crippen LogP contribution in [-0.4, -0.2) is 28.5 Å². The predicted molar refractivity (Wildman–Crippen MR) is 120 cm³/mol. The number of anilines is 2. The molecular formula is C24H19N5O2. The normalized spacial score (nSPS) is 12.6. The van der Waals surface area contributed by atoms with E-state index in [1.807, 2.05) is 54.6 Å². The zero-order valence-electron chi connectivity index (χ0n) is 16.6. The van der Waals surface area contributed by atoms with Crippen LogP contribution in [0.15, 0.2) is 72.9 Å². The summed E-state index contributed by atoms with van der Waals surface area (Å²) in [4.78, 5) is 35.5. The Morgan fingerprint density at radius 1 is 0.968 bits per heavy atom. The van der Waals surface area contributed by atoms with Crippen LogP contribution in [0.5, 0.6) is 0 Å². The number of pyridine rings is 2. The number of para-hydroxylation sites is 1. The van der Waals surface area contributed by atoms with Crippen LogP contribution in [0, 0.1) is 0 Å². The van der Waals surface area contributed by atoms with E-state index in [9.17, 15) is 9.59 Å². The van der Waals surface area contributed by atoms with E-state index < -0.39 is 6.03 Å². The predicted octanol–water partition coefficient (Wildman–Crippen LogP) is 3.99. The number of aromatic nitrogens is 2. The highest BCUT2D eigenvalue weighted by molar-refractivity contribution is 6.13. The molecule has 0 fully saturated rings. The molecule has 7 nitrogen and oxygen atoms in total. The van der Waals surface area contributed by atoms with Gasteiger partial charge in [0.25, 0.3) is 5.91 Å². The number of nitrogens with one attached hydrogen (secondary N) is 1. The highest BCUT2D eigenvalue weighted by atomic mass is 16.2. The van der Waals surface area contributed by atoms with Gasteiger partial charge in [-0.05, 0) is 48.4 Å². The highest BCUT2D eigenvalue weighted by Gasteiger charge is 2.23. The lowest BCUT2D eigenvalue weighted by molar-refractivity contribution is 0.102. The van der Waals surface area contributed by atoms with Gasteiger partial charge >= 0.3 is 6.03 Å². The van der Waals surface area contributed by atoms with Crippen molar-refractivity contribution in [2.75, 3.05) is 16.8 Å². The van der Waals surface area contributed by atoms with Crippen LogP contribution >= 0.6 is 0 Å². The first-order valence-electron chi connectivity index (χ1n) is 9.92. The molecule has 3 amide bonds. The Bertz CT molecular complexity index is 1320. The minimum Gasteiger partial charge on any atom is -0.351 e. The Kier molecular flexibility index (Phi) is 4.55. The molecule has 2 aromatic heterocycles. The first-order chi connectivity index (χ1) is 15.1. The van der Waals surface area contributed by atoms with E-state index in [-0.39, 0.29) is 5.91 Å². The molecule has 7 heteroatoms. The number of urea groups is 1. The summed E-state index contributed by atoms with van der Waals surface area (Å²) >= 11 is 0. The molecule has 1 aliphatic rings. The zero-order chi connectivity index (χ0) is 21.4. The van der Waals surface area contributed by atoms with Gasteiger partial charge in [-0.2, -0.15) is 0 Å². The number of nitrogens with zero attached hydrogens (tertiary/aromatic N) is 3. The zero-order valence-corrected chi connectivity index (χ0v) is 16.6. The van der Waals surface area contributed by atoms with Gasteiger partial charge in [0.2, 0.25) is 0 Å². The molecule has 0 spiro atoms. The number of primary amides is 1. The van der Waals surface area contributed by atoms with Crippen LogP contribution in [-0.2, 0) is 6.42 Å². The van der Waals surface area contributed by atoms with Crippen molar-refractivity contribution >= 4 is 34.2 Å². The van der Waals surface area contributed by atoms with Gasteiger partial charge in [0.1, 0.15) is 0 Å². The number of nitrogens with two attached hydrogens (primary N) is 1. The van der Waals surface area contributed by atoms with E-state index in [2.05, 4.69) is 15.3 Å². The minimum atomic E-state index is -0.498. The van der Waals surface area contributed by atoms with Crippen molar-refractivity contribution in [3.63, 3.8) is 0 Å². The molecule has 0 radical (unpaired) electrons. The second-order valence-electron chi connectivity index (χ2n) is 7.32. The van der Waals surface area contributed by atoms with Gasteiger partial charge in [-0.15, -0.1) is 0 Å². The Hall–Kier alpha value is -4.26. The molecule has 152 valence electrons. The fourth-order valence-electron chi connectivity index (χ4n) is 3.89. The van der Waals surface area contributed by atoms with Crippen LogP contribution in [0.25, 0.3) is 22.3 Å². The van der Waals surface area contributed by atoms with E-state index in [4.69, 9.17) is 5.73 Å². The van der Waals surface area contributed by atoms with Crippen molar-refractivity contribution in [2.45, 2.75) is 6.42 Å². The molecule has 31 heavy (non-hydrogen) atoms. The topological polar surface area (TPSA) is 101 Å². The Labute approximate surface area is 178 Å². The molecule has 0 bridgehead atoms. The summed E-state index contributed by atoms with van der Waals surface area (Å²) in [5.41, 5.74) is 10.4. The maximum Gasteiger partial charge on any atom is 0.319 e. The SMILES string of the molecule is NC(=O)N1CCc2ccc(NC(=O)c3cc(-c4ccccn4)nc4ccccc34)cc21. The quantitative estimate of drug-likeness (QED) is 0.534. The Morgan fingerprint density at radius 3 is 2.61 bits per heavy atom. The van der Waals surface area contributed by atoms with Gasteiger partial charge < -0.3 is 11.1 Å². The number of fused-ring (bicyclic) bond motifs is 2. The van der Waals surface area contributed by atoms with E-state index in [0.29, 0.717) is 34.7 Å². The van der Waals surface area contributed by atoms with E-state index in [1.54, 1.807) is 18.3 Å². The number of hydrogen-bond acceptors (Lipinski definition) is 4. The van der Waals surface area contributed by atoms with Crippen molar-refractivity contribution in [1.82, 2.24) is 9.97 Å². The summed E-state index contributed by atoms with van der Waals surface area (Å²) in [6.07, 6.45) is 2.44. The van der Waals surface area contributed by atoms with E-state index >= 15 is 0 Å². The van der Waals surface area contributed by atoms with Crippen molar-refractivity contribution in [2.24, 2.45) is 5.73 Å². The lowest BCUT2D eigenvalue weighted by Crippen LogP contribution is -2.34. The summed E-state index contributed by atoms with van der Waals surface area (Å²) < 4.78 is 0. The number of benzene rings is 2. The smallest absolute Gasteiger partial charge is 0.319 e. The second-order valence-corrected chi connectivity index (χ2v) is 7.32. The Balaban J connectivity index is 1.53. The van der Waals surface area contributed by atoms with Crippen LogP contribution in [0.3, 0.4) is 0 Å². The number of carbonyl (C=O) groups excluding carboxylic acids is 2. The van der Waals surface area contributed by atoms with Gasteiger partial charge in [-0.3, -0.25) is 14.7 Å². The van der Waals surface area contributed by atoms with Crippen molar-refractivity contribution in [1.29, 1.82) is 0 Å². The number of rotatable bonds is 3. The number of carbonyl (C=O) groups is 2. The van der Waals surface area contributed by atoms with Gasteiger partial charge in [-0.25, -0.2) is 9.78 Å². The summed E-state index contributed by atoms with van der Waals surface area (Å²) in [6.45, 7) is 0.546.